The van der Waals surface area contributed by atoms with Crippen LogP contribution < -0.4 is 9.47 Å². The smallest absolute Gasteiger partial charge is 0.269 e. The molecule has 6 atom stereocenters. The molecule has 366 valence electrons. The van der Waals surface area contributed by atoms with Crippen LogP contribution in [0.25, 0.3) is 0 Å². The zero-order valence-electron chi connectivity index (χ0n) is 39.1. The highest BCUT2D eigenvalue weighted by atomic mass is 19.1. The third kappa shape index (κ3) is 11.1. The Hall–Kier alpha value is -7.51. The molecule has 5 aromatic rings. The Morgan fingerprint density at radius 2 is 1.66 bits per heavy atom. The SMILES string of the molecule is C=CCOC12Oc3ccc(Oc4cccc(C=O)c4)cc3C3C(CCCCO)C(CCCCO)C=C(C(=NOCc4ccc([N+](=O)[O-])cc4)CC1N(Cc1ccc(F)cc1)C(=O)c1ccc(C#N)cc1)C32. The van der Waals surface area contributed by atoms with Gasteiger partial charge in [0.25, 0.3) is 11.6 Å². The summed E-state index contributed by atoms with van der Waals surface area (Å²) in [5.74, 6) is -2.40. The summed E-state index contributed by atoms with van der Waals surface area (Å²) < 4.78 is 35.5. The summed E-state index contributed by atoms with van der Waals surface area (Å²) in [7, 11) is 0. The van der Waals surface area contributed by atoms with Crippen molar-refractivity contribution < 1.29 is 48.2 Å². The topological polar surface area (TPSA) is 194 Å². The number of nitro benzene ring substituents is 1. The number of aldehydes is 1. The van der Waals surface area contributed by atoms with Gasteiger partial charge in [0.2, 0.25) is 5.79 Å². The van der Waals surface area contributed by atoms with Crippen LogP contribution in [0.3, 0.4) is 0 Å². The van der Waals surface area contributed by atoms with E-state index < -0.39 is 40.3 Å². The number of hydrogen-bond acceptors (Lipinski definition) is 12. The lowest BCUT2D eigenvalue weighted by Crippen LogP contribution is -2.70. The van der Waals surface area contributed by atoms with E-state index in [1.807, 2.05) is 12.1 Å². The summed E-state index contributed by atoms with van der Waals surface area (Å²) in [5.41, 5.74) is 4.35. The number of aliphatic hydroxyl groups is 2. The maximum absolute atomic E-state index is 15.4. The lowest BCUT2D eigenvalue weighted by Gasteiger charge is -2.60. The van der Waals surface area contributed by atoms with Gasteiger partial charge in [-0.25, -0.2) is 4.39 Å². The van der Waals surface area contributed by atoms with Crippen molar-refractivity contribution in [2.45, 2.75) is 75.8 Å². The number of fused-ring (bicyclic) bond motifs is 2. The van der Waals surface area contributed by atoms with E-state index in [0.717, 1.165) is 17.4 Å². The molecule has 1 fully saturated rings. The molecule has 15 heteroatoms. The van der Waals surface area contributed by atoms with E-state index in [-0.39, 0.29) is 62.5 Å². The molecule has 0 radical (unpaired) electrons. The van der Waals surface area contributed by atoms with E-state index in [4.69, 9.17) is 24.2 Å². The number of allylic oxidation sites excluding steroid dienone is 1. The monoisotopic (exact) mass is 962 g/mol. The van der Waals surface area contributed by atoms with Crippen LogP contribution in [0.1, 0.15) is 93.8 Å². The number of carbonyl (C=O) groups is 2. The molecule has 1 amide bonds. The van der Waals surface area contributed by atoms with Crippen LogP contribution >= 0.6 is 0 Å². The molecule has 0 bridgehead atoms. The molecule has 5 aromatic carbocycles. The number of nitriles is 1. The minimum atomic E-state index is -1.65. The highest BCUT2D eigenvalue weighted by Crippen LogP contribution is 2.62. The lowest BCUT2D eigenvalue weighted by atomic mass is 9.55. The number of rotatable bonds is 22. The van der Waals surface area contributed by atoms with Crippen LogP contribution in [0.5, 0.6) is 17.2 Å². The van der Waals surface area contributed by atoms with Gasteiger partial charge in [-0.15, -0.1) is 6.58 Å². The normalized spacial score (nSPS) is 21.4. The highest BCUT2D eigenvalue weighted by molar-refractivity contribution is 6.03. The summed E-state index contributed by atoms with van der Waals surface area (Å²) in [4.78, 5) is 46.0. The van der Waals surface area contributed by atoms with Gasteiger partial charge in [-0.3, -0.25) is 19.7 Å². The second-order valence-electron chi connectivity index (χ2n) is 18.0. The van der Waals surface area contributed by atoms with Gasteiger partial charge in [-0.05, 0) is 133 Å². The fraction of sp³-hybridized carbons (Fsp3) is 0.321. The van der Waals surface area contributed by atoms with Crippen LogP contribution in [-0.2, 0) is 22.7 Å². The van der Waals surface area contributed by atoms with Gasteiger partial charge in [-0.2, -0.15) is 5.26 Å². The fourth-order valence-corrected chi connectivity index (χ4v) is 10.4. The van der Waals surface area contributed by atoms with Crippen molar-refractivity contribution in [1.82, 2.24) is 4.90 Å². The number of nitro groups is 1. The Balaban J connectivity index is 1.36. The summed E-state index contributed by atoms with van der Waals surface area (Å²) in [6, 6.07) is 31.7. The zero-order valence-corrected chi connectivity index (χ0v) is 39.1. The molecule has 1 aliphatic heterocycles. The van der Waals surface area contributed by atoms with Crippen molar-refractivity contribution in [3.8, 4) is 23.3 Å². The second-order valence-corrected chi connectivity index (χ2v) is 18.0. The van der Waals surface area contributed by atoms with Gasteiger partial charge in [0.15, 0.2) is 0 Å². The third-order valence-electron chi connectivity index (χ3n) is 13.6. The first kappa shape index (κ1) is 49.9. The van der Waals surface area contributed by atoms with Crippen LogP contribution in [-0.4, -0.2) is 69.6 Å². The van der Waals surface area contributed by atoms with Gasteiger partial charge in [0.05, 0.1) is 34.8 Å². The molecule has 0 spiro atoms. The summed E-state index contributed by atoms with van der Waals surface area (Å²) in [6.45, 7) is 3.99. The van der Waals surface area contributed by atoms with Crippen LogP contribution in [0.2, 0.25) is 0 Å². The number of ether oxygens (including phenoxy) is 3. The Bertz CT molecular complexity index is 2810. The predicted octanol–water partition coefficient (Wildman–Crippen LogP) is 10.4. The van der Waals surface area contributed by atoms with Gasteiger partial charge in [0, 0.05) is 60.9 Å². The largest absolute Gasteiger partial charge is 0.459 e. The van der Waals surface area contributed by atoms with Crippen molar-refractivity contribution in [2.75, 3.05) is 19.8 Å². The predicted molar refractivity (Wildman–Crippen MR) is 262 cm³/mol. The highest BCUT2D eigenvalue weighted by Gasteiger charge is 2.65. The van der Waals surface area contributed by atoms with Gasteiger partial charge >= 0.3 is 0 Å². The van der Waals surface area contributed by atoms with Crippen molar-refractivity contribution in [3.63, 3.8) is 0 Å². The van der Waals surface area contributed by atoms with Gasteiger partial charge < -0.3 is 34.2 Å². The summed E-state index contributed by atoms with van der Waals surface area (Å²) in [5, 5.41) is 46.1. The zero-order chi connectivity index (χ0) is 49.9. The Morgan fingerprint density at radius 3 is 2.35 bits per heavy atom. The molecule has 71 heavy (non-hydrogen) atoms. The number of oxime groups is 1. The average molecular weight is 963 g/mol. The summed E-state index contributed by atoms with van der Waals surface area (Å²) in [6.07, 6.45) is 8.55. The number of carbonyl (C=O) groups excluding carboxylic acids is 2. The molecule has 3 aliphatic rings. The second kappa shape index (κ2) is 22.9. The fourth-order valence-electron chi connectivity index (χ4n) is 10.4. The van der Waals surface area contributed by atoms with E-state index in [1.165, 1.54) is 24.3 Å². The Labute approximate surface area is 411 Å². The molecule has 8 rings (SSSR count). The van der Waals surface area contributed by atoms with Crippen LogP contribution in [0, 0.1) is 45.0 Å². The van der Waals surface area contributed by atoms with E-state index in [0.29, 0.717) is 83.7 Å². The molecule has 0 saturated heterocycles. The molecule has 2 N–H and O–H groups in total. The molecule has 1 heterocycles. The molecule has 14 nitrogen and oxygen atoms in total. The minimum absolute atomic E-state index is 0.00177. The number of halogens is 1. The number of benzene rings is 5. The number of amides is 1. The lowest BCUT2D eigenvalue weighted by molar-refractivity contribution is -0.384. The molecular weight excluding hydrogens is 908 g/mol. The van der Waals surface area contributed by atoms with Crippen molar-refractivity contribution in [1.29, 1.82) is 5.26 Å². The number of hydrogen-bond donors (Lipinski definition) is 2. The van der Waals surface area contributed by atoms with Crippen LogP contribution in [0.4, 0.5) is 10.1 Å². The van der Waals surface area contributed by atoms with Gasteiger partial charge in [-0.1, -0.05) is 54.4 Å². The maximum atomic E-state index is 15.4. The Kier molecular flexibility index (Phi) is 16.1. The first-order valence-electron chi connectivity index (χ1n) is 23.8. The minimum Gasteiger partial charge on any atom is -0.459 e. The molecule has 0 aromatic heterocycles. The number of non-ortho nitro benzene ring substituents is 1. The first-order chi connectivity index (χ1) is 34.6. The van der Waals surface area contributed by atoms with Crippen LogP contribution in [0.15, 0.2) is 145 Å². The molecule has 2 aliphatic carbocycles. The standard InChI is InChI=1S/C56H55FN4O10/c1-2-28-68-56-52(60(34-38-14-20-43(57)21-15-38)55(65)41-18-12-37(33-58)13-19-41)32-50(59-69-36-39-16-22-44(23-17-39)61(66)67)48-30-42(9-3-5-26-62)47(11-4-6-27-63)53(54(48)56)49-31-46(24-25-51(49)71-56)70-45-10-7-8-40(29-45)35-64/h2,7-8,10,12-25,29-31,35,42,47,52-54,62-63H,1,3-6,9,11,26-28,32,34,36H2. The number of aliphatic hydroxyl groups excluding tert-OH is 2. The Morgan fingerprint density at radius 1 is 0.944 bits per heavy atom. The number of nitrogens with zero attached hydrogens (tertiary/aromatic N) is 4. The third-order valence-corrected chi connectivity index (χ3v) is 13.6. The molecular formula is C56H55FN4O10. The van der Waals surface area contributed by atoms with E-state index in [9.17, 15) is 34.8 Å². The maximum Gasteiger partial charge on any atom is 0.269 e. The molecule has 1 saturated carbocycles. The average Bonchev–Trinajstić information content (AvgIpc) is 3.39. The quantitative estimate of drug-likeness (QED) is 0.0220. The van der Waals surface area contributed by atoms with E-state index >= 15 is 4.79 Å². The van der Waals surface area contributed by atoms with E-state index in [1.54, 1.807) is 89.8 Å². The first-order valence-corrected chi connectivity index (χ1v) is 23.8. The van der Waals surface area contributed by atoms with Crippen molar-refractivity contribution in [3.05, 3.63) is 189 Å². The number of unbranched alkanes of at least 4 members (excludes halogenated alkanes) is 2. The van der Waals surface area contributed by atoms with Gasteiger partial charge in [0.1, 0.15) is 42.0 Å². The molecule has 6 unspecified atom stereocenters. The van der Waals surface area contributed by atoms with Crippen molar-refractivity contribution in [2.24, 2.45) is 22.9 Å². The van der Waals surface area contributed by atoms with Crippen molar-refractivity contribution >= 4 is 23.6 Å². The summed E-state index contributed by atoms with van der Waals surface area (Å²) >= 11 is 0. The van der Waals surface area contributed by atoms with E-state index in [2.05, 4.69) is 18.7 Å².